The van der Waals surface area contributed by atoms with Gasteiger partial charge in [-0.3, -0.25) is 0 Å². The molecule has 0 amide bonds. The highest BCUT2D eigenvalue weighted by Crippen LogP contribution is 2.36. The lowest BCUT2D eigenvalue weighted by atomic mass is 9.96. The highest BCUT2D eigenvalue weighted by molar-refractivity contribution is 9.10. The molecular formula is C16H17BrFNO2. The van der Waals surface area contributed by atoms with Gasteiger partial charge in [0, 0.05) is 17.2 Å². The lowest BCUT2D eigenvalue weighted by Crippen LogP contribution is -2.15. The Morgan fingerprint density at radius 3 is 2.29 bits per heavy atom. The predicted molar refractivity (Wildman–Crippen MR) is 84.4 cm³/mol. The van der Waals surface area contributed by atoms with Crippen molar-refractivity contribution < 1.29 is 13.9 Å². The van der Waals surface area contributed by atoms with Crippen LogP contribution in [0.4, 0.5) is 4.39 Å². The maximum Gasteiger partial charge on any atom is 0.141 e. The van der Waals surface area contributed by atoms with Crippen molar-refractivity contribution in [3.8, 4) is 11.5 Å². The van der Waals surface area contributed by atoms with Crippen molar-refractivity contribution in [3.63, 3.8) is 0 Å². The van der Waals surface area contributed by atoms with E-state index >= 15 is 0 Å². The molecular weight excluding hydrogens is 337 g/mol. The van der Waals surface area contributed by atoms with Crippen LogP contribution < -0.4 is 15.2 Å². The lowest BCUT2D eigenvalue weighted by molar-refractivity contribution is 0.398. The van der Waals surface area contributed by atoms with Gasteiger partial charge < -0.3 is 15.2 Å². The van der Waals surface area contributed by atoms with Crippen LogP contribution in [0, 0.1) is 12.7 Å². The van der Waals surface area contributed by atoms with Gasteiger partial charge in [-0.05, 0) is 35.0 Å². The fourth-order valence-electron chi connectivity index (χ4n) is 2.23. The summed E-state index contributed by atoms with van der Waals surface area (Å²) in [5.74, 6) is 0.710. The van der Waals surface area contributed by atoms with E-state index in [0.717, 1.165) is 11.1 Å². The van der Waals surface area contributed by atoms with Gasteiger partial charge in [-0.1, -0.05) is 17.7 Å². The number of rotatable bonds is 4. The third-order valence-electron chi connectivity index (χ3n) is 3.33. The van der Waals surface area contributed by atoms with Crippen molar-refractivity contribution in [2.75, 3.05) is 14.2 Å². The van der Waals surface area contributed by atoms with Crippen LogP contribution in [0.25, 0.3) is 0 Å². The van der Waals surface area contributed by atoms with Gasteiger partial charge in [0.05, 0.1) is 24.7 Å². The molecule has 0 bridgehead atoms. The van der Waals surface area contributed by atoms with E-state index in [4.69, 9.17) is 15.2 Å². The van der Waals surface area contributed by atoms with Crippen LogP contribution in [-0.2, 0) is 0 Å². The van der Waals surface area contributed by atoms with Gasteiger partial charge in [0.2, 0.25) is 0 Å². The molecule has 0 radical (unpaired) electrons. The Morgan fingerprint density at radius 2 is 1.67 bits per heavy atom. The van der Waals surface area contributed by atoms with Crippen LogP contribution in [0.5, 0.6) is 11.5 Å². The first kappa shape index (κ1) is 15.8. The Kier molecular flexibility index (Phi) is 4.85. The first-order chi connectivity index (χ1) is 9.97. The highest BCUT2D eigenvalue weighted by Gasteiger charge is 2.20. The Bertz CT molecular complexity index is 661. The van der Waals surface area contributed by atoms with Gasteiger partial charge in [-0.15, -0.1) is 0 Å². The maximum absolute atomic E-state index is 13.6. The number of halogens is 2. The largest absolute Gasteiger partial charge is 0.496 e. The third kappa shape index (κ3) is 3.19. The molecule has 0 aliphatic heterocycles. The fraction of sp³-hybridized carbons (Fsp3) is 0.250. The number of benzene rings is 2. The van der Waals surface area contributed by atoms with Crippen molar-refractivity contribution in [2.24, 2.45) is 5.73 Å². The average Bonchev–Trinajstić information content (AvgIpc) is 2.48. The van der Waals surface area contributed by atoms with Gasteiger partial charge in [0.25, 0.3) is 0 Å². The molecule has 0 aromatic heterocycles. The average molecular weight is 354 g/mol. The standard InChI is InChI=1S/C16H17BrFNO2/c1-9-4-5-14(20-2)10(6-9)16(19)11-7-12(17)13(18)8-15(11)21-3/h4-8,16H,19H2,1-3H3. The number of hydrogen-bond donors (Lipinski definition) is 1. The maximum atomic E-state index is 13.6. The topological polar surface area (TPSA) is 44.5 Å². The molecule has 0 heterocycles. The van der Waals surface area contributed by atoms with Crippen LogP contribution in [0.1, 0.15) is 22.7 Å². The minimum atomic E-state index is -0.480. The fourth-order valence-corrected chi connectivity index (χ4v) is 2.59. The van der Waals surface area contributed by atoms with Crippen LogP contribution in [-0.4, -0.2) is 14.2 Å². The van der Waals surface area contributed by atoms with Crippen LogP contribution in [0.15, 0.2) is 34.8 Å². The van der Waals surface area contributed by atoms with E-state index in [1.807, 2.05) is 25.1 Å². The Balaban J connectivity index is 2.56. The van der Waals surface area contributed by atoms with Gasteiger partial charge in [-0.25, -0.2) is 4.39 Å². The smallest absolute Gasteiger partial charge is 0.141 e. The van der Waals surface area contributed by atoms with Crippen LogP contribution in [0.3, 0.4) is 0 Å². The number of ether oxygens (including phenoxy) is 2. The van der Waals surface area contributed by atoms with E-state index in [-0.39, 0.29) is 5.82 Å². The summed E-state index contributed by atoms with van der Waals surface area (Å²) in [4.78, 5) is 0. The van der Waals surface area contributed by atoms with E-state index in [9.17, 15) is 4.39 Å². The molecule has 2 N–H and O–H groups in total. The summed E-state index contributed by atoms with van der Waals surface area (Å²) in [5.41, 5.74) is 8.94. The number of hydrogen-bond acceptors (Lipinski definition) is 3. The zero-order valence-electron chi connectivity index (χ0n) is 12.1. The third-order valence-corrected chi connectivity index (χ3v) is 3.94. The molecule has 0 spiro atoms. The molecule has 21 heavy (non-hydrogen) atoms. The second kappa shape index (κ2) is 6.45. The van der Waals surface area contributed by atoms with Gasteiger partial charge in [-0.2, -0.15) is 0 Å². The molecule has 112 valence electrons. The highest BCUT2D eigenvalue weighted by atomic mass is 79.9. The molecule has 0 fully saturated rings. The van der Waals surface area contributed by atoms with Gasteiger partial charge in [0.15, 0.2) is 0 Å². The summed E-state index contributed by atoms with van der Waals surface area (Å²) >= 11 is 3.18. The zero-order chi connectivity index (χ0) is 15.6. The first-order valence-corrected chi connectivity index (χ1v) is 7.20. The van der Waals surface area contributed by atoms with E-state index in [1.54, 1.807) is 13.2 Å². The van der Waals surface area contributed by atoms with Gasteiger partial charge >= 0.3 is 0 Å². The van der Waals surface area contributed by atoms with Crippen molar-refractivity contribution >= 4 is 15.9 Å². The SMILES string of the molecule is COc1ccc(C)cc1C(N)c1cc(Br)c(F)cc1OC. The molecule has 3 nitrogen and oxygen atoms in total. The summed E-state index contributed by atoms with van der Waals surface area (Å²) in [6, 6.07) is 8.26. The molecule has 2 rings (SSSR count). The van der Waals surface area contributed by atoms with E-state index in [2.05, 4.69) is 15.9 Å². The monoisotopic (exact) mass is 353 g/mol. The normalized spacial score (nSPS) is 12.1. The summed E-state index contributed by atoms with van der Waals surface area (Å²) < 4.78 is 24.6. The summed E-state index contributed by atoms with van der Waals surface area (Å²) in [6.07, 6.45) is 0. The second-order valence-electron chi connectivity index (χ2n) is 4.73. The summed E-state index contributed by atoms with van der Waals surface area (Å²) in [5, 5.41) is 0. The van der Waals surface area contributed by atoms with E-state index in [1.165, 1.54) is 13.2 Å². The number of nitrogens with two attached hydrogens (primary N) is 1. The van der Waals surface area contributed by atoms with Crippen molar-refractivity contribution in [2.45, 2.75) is 13.0 Å². The van der Waals surface area contributed by atoms with E-state index < -0.39 is 6.04 Å². The molecule has 2 aromatic carbocycles. The molecule has 1 atom stereocenters. The van der Waals surface area contributed by atoms with Crippen LogP contribution >= 0.6 is 15.9 Å². The Hall–Kier alpha value is -1.59. The quantitative estimate of drug-likeness (QED) is 0.904. The lowest BCUT2D eigenvalue weighted by Gasteiger charge is -2.19. The minimum Gasteiger partial charge on any atom is -0.496 e. The minimum absolute atomic E-state index is 0.348. The van der Waals surface area contributed by atoms with Gasteiger partial charge in [0.1, 0.15) is 17.3 Å². The second-order valence-corrected chi connectivity index (χ2v) is 5.59. The predicted octanol–water partition coefficient (Wildman–Crippen LogP) is 3.96. The molecule has 0 aliphatic rings. The summed E-state index contributed by atoms with van der Waals surface area (Å²) in [7, 11) is 3.09. The number of aryl methyl sites for hydroxylation is 1. The molecule has 1 unspecified atom stereocenters. The summed E-state index contributed by atoms with van der Waals surface area (Å²) in [6.45, 7) is 1.98. The molecule has 2 aromatic rings. The Morgan fingerprint density at radius 1 is 1.05 bits per heavy atom. The molecule has 0 aliphatic carbocycles. The molecule has 0 saturated heterocycles. The van der Waals surface area contributed by atoms with Crippen molar-refractivity contribution in [1.29, 1.82) is 0 Å². The van der Waals surface area contributed by atoms with Crippen molar-refractivity contribution in [1.82, 2.24) is 0 Å². The molecule has 0 saturated carbocycles. The van der Waals surface area contributed by atoms with Crippen LogP contribution in [0.2, 0.25) is 0 Å². The molecule has 5 heteroatoms. The number of methoxy groups -OCH3 is 2. The zero-order valence-corrected chi connectivity index (χ0v) is 13.7. The Labute approximate surface area is 132 Å². The van der Waals surface area contributed by atoms with E-state index in [0.29, 0.717) is 21.5 Å². The first-order valence-electron chi connectivity index (χ1n) is 6.41. The van der Waals surface area contributed by atoms with Crippen molar-refractivity contribution in [3.05, 3.63) is 57.3 Å².